The molecule has 0 bridgehead atoms. The average molecular weight is 171 g/mol. The van der Waals surface area contributed by atoms with Gasteiger partial charge in [0.05, 0.1) is 0 Å². The first-order valence-corrected chi connectivity index (χ1v) is 4.06. The molecule has 1 aliphatic carbocycles. The van der Waals surface area contributed by atoms with Crippen molar-refractivity contribution in [3.8, 4) is 0 Å². The van der Waals surface area contributed by atoms with Gasteiger partial charge in [-0.2, -0.15) is 0 Å². The lowest BCUT2D eigenvalue weighted by Gasteiger charge is -2.26. The van der Waals surface area contributed by atoms with E-state index < -0.39 is 11.5 Å². The fourth-order valence-corrected chi connectivity index (χ4v) is 1.54. The number of amides is 1. The molecule has 0 radical (unpaired) electrons. The molecule has 0 spiro atoms. The Labute approximate surface area is 71.2 Å². The Kier molecular flexibility index (Phi) is 2.08. The van der Waals surface area contributed by atoms with Crippen LogP contribution in [0.5, 0.6) is 0 Å². The molecule has 1 saturated carbocycles. The number of aliphatic carboxylic acids is 1. The average Bonchev–Trinajstić information content (AvgIpc) is 2.69. The zero-order valence-electron chi connectivity index (χ0n) is 7.33. The van der Waals surface area contributed by atoms with E-state index in [2.05, 4.69) is 0 Å². The van der Waals surface area contributed by atoms with E-state index in [1.54, 1.807) is 6.92 Å². The van der Waals surface area contributed by atoms with Crippen LogP contribution in [0, 0.1) is 0 Å². The Morgan fingerprint density at radius 3 is 2.08 bits per heavy atom. The van der Waals surface area contributed by atoms with Crippen LogP contribution in [0.15, 0.2) is 0 Å². The molecule has 4 heteroatoms. The van der Waals surface area contributed by atoms with Gasteiger partial charge < -0.3 is 10.0 Å². The molecule has 1 aliphatic rings. The number of carbonyl (C=O) groups excluding carboxylic acids is 1. The summed E-state index contributed by atoms with van der Waals surface area (Å²) in [6, 6.07) is 0. The first-order chi connectivity index (χ1) is 5.54. The molecule has 1 N–H and O–H groups in total. The third-order valence-electron chi connectivity index (χ3n) is 2.33. The maximum Gasteiger partial charge on any atom is 0.329 e. The number of carboxylic acids is 1. The van der Waals surface area contributed by atoms with Crippen molar-refractivity contribution in [1.29, 1.82) is 0 Å². The molecule has 0 aliphatic heterocycles. The van der Waals surface area contributed by atoms with Crippen molar-refractivity contribution in [3.05, 3.63) is 0 Å². The minimum Gasteiger partial charge on any atom is -0.479 e. The molecule has 1 amide bonds. The highest BCUT2D eigenvalue weighted by Crippen LogP contribution is 2.41. The summed E-state index contributed by atoms with van der Waals surface area (Å²) in [6.45, 7) is 3.68. The van der Waals surface area contributed by atoms with Gasteiger partial charge in [0.25, 0.3) is 0 Å². The summed E-state index contributed by atoms with van der Waals surface area (Å²) in [6.07, 6.45) is 1.19. The second-order valence-electron chi connectivity index (χ2n) is 3.10. The Morgan fingerprint density at radius 1 is 1.50 bits per heavy atom. The van der Waals surface area contributed by atoms with Crippen molar-refractivity contribution >= 4 is 11.9 Å². The van der Waals surface area contributed by atoms with Crippen LogP contribution in [0.1, 0.15) is 26.7 Å². The molecule has 0 aromatic carbocycles. The van der Waals surface area contributed by atoms with Crippen LogP contribution in [-0.2, 0) is 9.59 Å². The monoisotopic (exact) mass is 171 g/mol. The van der Waals surface area contributed by atoms with Gasteiger partial charge >= 0.3 is 5.97 Å². The van der Waals surface area contributed by atoms with Gasteiger partial charge in [-0.3, -0.25) is 4.79 Å². The Balaban J connectivity index is 2.78. The normalized spacial score (nSPS) is 18.5. The minimum atomic E-state index is -0.875. The lowest BCUT2D eigenvalue weighted by molar-refractivity contribution is -0.151. The standard InChI is InChI=1S/C8H13NO3/c1-3-9(6(2)10)8(4-5-8)7(11)12/h3-5H2,1-2H3,(H,11,12). The zero-order valence-corrected chi connectivity index (χ0v) is 7.33. The van der Waals surface area contributed by atoms with Gasteiger partial charge in [0, 0.05) is 13.5 Å². The highest BCUT2D eigenvalue weighted by molar-refractivity contribution is 5.88. The molecule has 0 heterocycles. The maximum absolute atomic E-state index is 11.0. The summed E-state index contributed by atoms with van der Waals surface area (Å²) in [5.74, 6) is -1.03. The predicted molar refractivity (Wildman–Crippen MR) is 42.7 cm³/mol. The van der Waals surface area contributed by atoms with E-state index in [1.165, 1.54) is 11.8 Å². The van der Waals surface area contributed by atoms with E-state index in [-0.39, 0.29) is 5.91 Å². The number of nitrogens with zero attached hydrogens (tertiary/aromatic N) is 1. The van der Waals surface area contributed by atoms with E-state index in [0.29, 0.717) is 19.4 Å². The summed E-state index contributed by atoms with van der Waals surface area (Å²) in [5.41, 5.74) is -0.861. The highest BCUT2D eigenvalue weighted by atomic mass is 16.4. The summed E-state index contributed by atoms with van der Waals surface area (Å²) in [5, 5.41) is 8.86. The van der Waals surface area contributed by atoms with Crippen molar-refractivity contribution < 1.29 is 14.7 Å². The number of hydrogen-bond donors (Lipinski definition) is 1. The largest absolute Gasteiger partial charge is 0.479 e. The van der Waals surface area contributed by atoms with Crippen LogP contribution >= 0.6 is 0 Å². The van der Waals surface area contributed by atoms with Crippen LogP contribution in [0.4, 0.5) is 0 Å². The molecular weight excluding hydrogens is 158 g/mol. The molecule has 0 aromatic heterocycles. The Hall–Kier alpha value is -1.06. The van der Waals surface area contributed by atoms with Gasteiger partial charge in [0.2, 0.25) is 5.91 Å². The number of carbonyl (C=O) groups is 2. The third-order valence-corrected chi connectivity index (χ3v) is 2.33. The van der Waals surface area contributed by atoms with E-state index in [9.17, 15) is 9.59 Å². The van der Waals surface area contributed by atoms with Crippen LogP contribution in [-0.4, -0.2) is 34.0 Å². The molecule has 0 saturated heterocycles. The van der Waals surface area contributed by atoms with E-state index in [1.807, 2.05) is 0 Å². The lowest BCUT2D eigenvalue weighted by atomic mass is 10.2. The van der Waals surface area contributed by atoms with Crippen LogP contribution in [0.25, 0.3) is 0 Å². The molecule has 0 unspecified atom stereocenters. The number of hydrogen-bond acceptors (Lipinski definition) is 2. The summed E-state index contributed by atoms with van der Waals surface area (Å²) in [7, 11) is 0. The fourth-order valence-electron chi connectivity index (χ4n) is 1.54. The third kappa shape index (κ3) is 1.17. The van der Waals surface area contributed by atoms with Crippen molar-refractivity contribution in [2.24, 2.45) is 0 Å². The number of likely N-dealkylation sites (N-methyl/N-ethyl adjacent to an activating group) is 1. The molecule has 4 nitrogen and oxygen atoms in total. The number of rotatable bonds is 3. The van der Waals surface area contributed by atoms with Gasteiger partial charge in [0.15, 0.2) is 0 Å². The summed E-state index contributed by atoms with van der Waals surface area (Å²) in [4.78, 5) is 23.2. The van der Waals surface area contributed by atoms with Crippen LogP contribution < -0.4 is 0 Å². The van der Waals surface area contributed by atoms with E-state index >= 15 is 0 Å². The molecule has 68 valence electrons. The van der Waals surface area contributed by atoms with E-state index in [0.717, 1.165) is 0 Å². The Morgan fingerprint density at radius 2 is 2.00 bits per heavy atom. The minimum absolute atomic E-state index is 0.155. The molecule has 1 fully saturated rings. The summed E-state index contributed by atoms with van der Waals surface area (Å²) >= 11 is 0. The SMILES string of the molecule is CCN(C(C)=O)C1(C(=O)O)CC1. The summed E-state index contributed by atoms with van der Waals surface area (Å²) < 4.78 is 0. The van der Waals surface area contributed by atoms with Gasteiger partial charge in [-0.25, -0.2) is 4.79 Å². The second-order valence-corrected chi connectivity index (χ2v) is 3.10. The molecule has 1 rings (SSSR count). The van der Waals surface area contributed by atoms with Crippen molar-refractivity contribution in [2.45, 2.75) is 32.2 Å². The zero-order chi connectivity index (χ0) is 9.35. The Bertz CT molecular complexity index is 220. The smallest absolute Gasteiger partial charge is 0.329 e. The molecule has 12 heavy (non-hydrogen) atoms. The first kappa shape index (κ1) is 9.03. The molecule has 0 aromatic rings. The first-order valence-electron chi connectivity index (χ1n) is 4.06. The van der Waals surface area contributed by atoms with Crippen molar-refractivity contribution in [3.63, 3.8) is 0 Å². The van der Waals surface area contributed by atoms with Gasteiger partial charge in [0.1, 0.15) is 5.54 Å². The maximum atomic E-state index is 11.0. The topological polar surface area (TPSA) is 57.6 Å². The highest BCUT2D eigenvalue weighted by Gasteiger charge is 2.55. The predicted octanol–water partition coefficient (Wildman–Crippen LogP) is 0.472. The number of carboxylic acid groups (broad SMARTS) is 1. The van der Waals surface area contributed by atoms with Gasteiger partial charge in [-0.05, 0) is 19.8 Å². The van der Waals surface area contributed by atoms with Crippen molar-refractivity contribution in [2.75, 3.05) is 6.54 Å². The quantitative estimate of drug-likeness (QED) is 0.671. The molecule has 0 atom stereocenters. The van der Waals surface area contributed by atoms with Crippen LogP contribution in [0.3, 0.4) is 0 Å². The second kappa shape index (κ2) is 2.77. The molecular formula is C8H13NO3. The van der Waals surface area contributed by atoms with Gasteiger partial charge in [-0.1, -0.05) is 0 Å². The van der Waals surface area contributed by atoms with Crippen molar-refractivity contribution in [1.82, 2.24) is 4.90 Å². The lowest BCUT2D eigenvalue weighted by Crippen LogP contribution is -2.46. The fraction of sp³-hybridized carbons (Fsp3) is 0.750. The van der Waals surface area contributed by atoms with E-state index in [4.69, 9.17) is 5.11 Å². The van der Waals surface area contributed by atoms with Crippen LogP contribution in [0.2, 0.25) is 0 Å². The van der Waals surface area contributed by atoms with Gasteiger partial charge in [-0.15, -0.1) is 0 Å².